The molecule has 0 spiro atoms. The monoisotopic (exact) mass is 308 g/mol. The molecule has 2 aromatic rings. The Hall–Kier alpha value is -1.65. The summed E-state index contributed by atoms with van der Waals surface area (Å²) < 4.78 is 19.1. The first-order chi connectivity index (χ1) is 9.95. The Morgan fingerprint density at radius 1 is 1.33 bits per heavy atom. The molecule has 0 fully saturated rings. The Morgan fingerprint density at radius 3 is 2.81 bits per heavy atom. The molecule has 2 rings (SSSR count). The number of rotatable bonds is 5. The largest absolute Gasteiger partial charge is 0.437 e. The van der Waals surface area contributed by atoms with Crippen molar-refractivity contribution < 1.29 is 9.13 Å². The highest BCUT2D eigenvalue weighted by Gasteiger charge is 2.11. The van der Waals surface area contributed by atoms with Crippen LogP contribution in [0.1, 0.15) is 25.0 Å². The van der Waals surface area contributed by atoms with Crippen LogP contribution >= 0.6 is 11.6 Å². The van der Waals surface area contributed by atoms with E-state index in [2.05, 4.69) is 10.3 Å². The smallest absolute Gasteiger partial charge is 0.223 e. The van der Waals surface area contributed by atoms with E-state index in [9.17, 15) is 4.39 Å². The van der Waals surface area contributed by atoms with Gasteiger partial charge in [0, 0.05) is 18.2 Å². The summed E-state index contributed by atoms with van der Waals surface area (Å²) in [5.74, 6) is 0.483. The highest BCUT2D eigenvalue weighted by Crippen LogP contribution is 2.31. The van der Waals surface area contributed by atoms with Crippen molar-refractivity contribution in [2.24, 2.45) is 0 Å². The van der Waals surface area contributed by atoms with Crippen LogP contribution in [0.3, 0.4) is 0 Å². The van der Waals surface area contributed by atoms with E-state index < -0.39 is 5.82 Å². The molecule has 0 saturated carbocycles. The van der Waals surface area contributed by atoms with Crippen LogP contribution in [0.5, 0.6) is 11.6 Å². The van der Waals surface area contributed by atoms with Crippen molar-refractivity contribution in [1.82, 2.24) is 10.3 Å². The number of benzene rings is 1. The van der Waals surface area contributed by atoms with Crippen molar-refractivity contribution in [2.75, 3.05) is 0 Å². The first kappa shape index (κ1) is 15.7. The van der Waals surface area contributed by atoms with Gasteiger partial charge in [0.1, 0.15) is 11.6 Å². The van der Waals surface area contributed by atoms with Crippen LogP contribution in [0.2, 0.25) is 5.02 Å². The van der Waals surface area contributed by atoms with E-state index in [4.69, 9.17) is 16.3 Å². The second kappa shape index (κ2) is 6.87. The summed E-state index contributed by atoms with van der Waals surface area (Å²) in [5, 5.41) is 3.72. The lowest BCUT2D eigenvalue weighted by atomic mass is 10.2. The second-order valence-electron chi connectivity index (χ2n) is 5.19. The standard InChI is InChI=1S/C16H18ClFN2O/c1-10(2)19-8-12-7-13(18)9-20-16(12)21-15-6-11(3)4-5-14(15)17/h4-7,9-10,19H,8H2,1-3H3. The Bertz CT molecular complexity index is 632. The van der Waals surface area contributed by atoms with Gasteiger partial charge in [0.15, 0.2) is 0 Å². The number of pyridine rings is 1. The van der Waals surface area contributed by atoms with Crippen molar-refractivity contribution in [3.05, 3.63) is 52.4 Å². The normalized spacial score (nSPS) is 11.0. The molecule has 1 N–H and O–H groups in total. The van der Waals surface area contributed by atoms with Crippen LogP contribution in [0.4, 0.5) is 4.39 Å². The van der Waals surface area contributed by atoms with Crippen LogP contribution in [-0.2, 0) is 6.54 Å². The van der Waals surface area contributed by atoms with E-state index in [1.54, 1.807) is 6.07 Å². The number of hydrogen-bond donors (Lipinski definition) is 1. The molecule has 0 radical (unpaired) electrons. The quantitative estimate of drug-likeness (QED) is 0.884. The minimum absolute atomic E-state index is 0.281. The van der Waals surface area contributed by atoms with Gasteiger partial charge in [-0.2, -0.15) is 0 Å². The van der Waals surface area contributed by atoms with E-state index in [-0.39, 0.29) is 6.04 Å². The number of ether oxygens (including phenoxy) is 1. The molecule has 3 nitrogen and oxygen atoms in total. The zero-order valence-corrected chi connectivity index (χ0v) is 13.0. The summed E-state index contributed by atoms with van der Waals surface area (Å²) in [6.45, 7) is 6.46. The van der Waals surface area contributed by atoms with Gasteiger partial charge >= 0.3 is 0 Å². The lowest BCUT2D eigenvalue weighted by molar-refractivity contribution is 0.445. The van der Waals surface area contributed by atoms with Crippen molar-refractivity contribution >= 4 is 11.6 Å². The van der Waals surface area contributed by atoms with Crippen molar-refractivity contribution in [2.45, 2.75) is 33.4 Å². The van der Waals surface area contributed by atoms with Crippen LogP contribution < -0.4 is 10.1 Å². The first-order valence-corrected chi connectivity index (χ1v) is 7.15. The van der Waals surface area contributed by atoms with Gasteiger partial charge < -0.3 is 10.1 Å². The number of nitrogens with zero attached hydrogens (tertiary/aromatic N) is 1. The lowest BCUT2D eigenvalue weighted by Gasteiger charge is -2.13. The first-order valence-electron chi connectivity index (χ1n) is 6.77. The van der Waals surface area contributed by atoms with Crippen LogP contribution in [-0.4, -0.2) is 11.0 Å². The molecular weight excluding hydrogens is 291 g/mol. The molecular formula is C16H18ClFN2O. The highest BCUT2D eigenvalue weighted by atomic mass is 35.5. The van der Waals surface area contributed by atoms with Crippen molar-refractivity contribution in [3.63, 3.8) is 0 Å². The fourth-order valence-corrected chi connectivity index (χ4v) is 1.95. The Morgan fingerprint density at radius 2 is 2.10 bits per heavy atom. The average molecular weight is 309 g/mol. The van der Waals surface area contributed by atoms with E-state index in [0.717, 1.165) is 11.8 Å². The molecule has 0 saturated heterocycles. The molecule has 0 aliphatic rings. The van der Waals surface area contributed by atoms with E-state index >= 15 is 0 Å². The Kier molecular flexibility index (Phi) is 5.15. The molecule has 112 valence electrons. The molecule has 0 bridgehead atoms. The maximum Gasteiger partial charge on any atom is 0.223 e. The van der Waals surface area contributed by atoms with E-state index in [1.165, 1.54) is 6.07 Å². The summed E-state index contributed by atoms with van der Waals surface area (Å²) in [7, 11) is 0. The van der Waals surface area contributed by atoms with E-state index in [1.807, 2.05) is 32.9 Å². The summed E-state index contributed by atoms with van der Waals surface area (Å²) in [6.07, 6.45) is 1.14. The number of aryl methyl sites for hydroxylation is 1. The lowest BCUT2D eigenvalue weighted by Crippen LogP contribution is -2.22. The van der Waals surface area contributed by atoms with Gasteiger partial charge in [0.2, 0.25) is 5.88 Å². The third kappa shape index (κ3) is 4.41. The van der Waals surface area contributed by atoms with Gasteiger partial charge in [0.25, 0.3) is 0 Å². The molecule has 0 unspecified atom stereocenters. The van der Waals surface area contributed by atoms with Crippen molar-refractivity contribution in [3.8, 4) is 11.6 Å². The molecule has 1 heterocycles. The molecule has 1 aromatic heterocycles. The number of aromatic nitrogens is 1. The van der Waals surface area contributed by atoms with Crippen LogP contribution in [0.15, 0.2) is 30.5 Å². The fraction of sp³-hybridized carbons (Fsp3) is 0.312. The fourth-order valence-electron chi connectivity index (χ4n) is 1.79. The highest BCUT2D eigenvalue weighted by molar-refractivity contribution is 6.32. The molecule has 0 amide bonds. The van der Waals surface area contributed by atoms with Crippen LogP contribution in [0, 0.1) is 12.7 Å². The maximum absolute atomic E-state index is 13.4. The van der Waals surface area contributed by atoms with Gasteiger partial charge in [-0.25, -0.2) is 9.37 Å². The molecule has 21 heavy (non-hydrogen) atoms. The third-order valence-corrected chi connectivity index (χ3v) is 3.20. The Balaban J connectivity index is 2.28. The minimum atomic E-state index is -0.391. The second-order valence-corrected chi connectivity index (χ2v) is 5.60. The third-order valence-electron chi connectivity index (χ3n) is 2.89. The summed E-state index contributed by atoms with van der Waals surface area (Å²) in [6, 6.07) is 7.19. The molecule has 0 atom stereocenters. The molecule has 0 aliphatic heterocycles. The van der Waals surface area contributed by atoms with E-state index in [0.29, 0.717) is 28.8 Å². The predicted octanol–water partition coefficient (Wildman–Crippen LogP) is 4.47. The zero-order valence-electron chi connectivity index (χ0n) is 12.3. The summed E-state index contributed by atoms with van der Waals surface area (Å²) in [5.41, 5.74) is 1.68. The summed E-state index contributed by atoms with van der Waals surface area (Å²) >= 11 is 6.11. The van der Waals surface area contributed by atoms with Gasteiger partial charge in [-0.05, 0) is 30.7 Å². The summed E-state index contributed by atoms with van der Waals surface area (Å²) in [4.78, 5) is 4.03. The molecule has 1 aromatic carbocycles. The molecule has 5 heteroatoms. The van der Waals surface area contributed by atoms with Gasteiger partial charge in [-0.1, -0.05) is 31.5 Å². The topological polar surface area (TPSA) is 34.1 Å². The predicted molar refractivity (Wildman–Crippen MR) is 82.4 cm³/mol. The maximum atomic E-state index is 13.4. The van der Waals surface area contributed by atoms with Crippen molar-refractivity contribution in [1.29, 1.82) is 0 Å². The number of halogens is 2. The van der Waals surface area contributed by atoms with Gasteiger partial charge in [-0.3, -0.25) is 0 Å². The Labute approximate surface area is 129 Å². The zero-order chi connectivity index (χ0) is 15.4. The van der Waals surface area contributed by atoms with Crippen LogP contribution in [0.25, 0.3) is 0 Å². The number of hydrogen-bond acceptors (Lipinski definition) is 3. The molecule has 0 aliphatic carbocycles. The van der Waals surface area contributed by atoms with Gasteiger partial charge in [-0.15, -0.1) is 0 Å². The average Bonchev–Trinajstić information content (AvgIpc) is 2.43. The minimum Gasteiger partial charge on any atom is -0.437 e. The van der Waals surface area contributed by atoms with Gasteiger partial charge in [0.05, 0.1) is 11.2 Å². The number of nitrogens with one attached hydrogen (secondary N) is 1. The SMILES string of the molecule is Cc1ccc(Cl)c(Oc2ncc(F)cc2CNC(C)C)c1.